The molecule has 0 unspecified atom stereocenters. The summed E-state index contributed by atoms with van der Waals surface area (Å²) in [5.41, 5.74) is 1.89. The lowest BCUT2D eigenvalue weighted by atomic mass is 9.77. The number of rotatable bonds is 5. The van der Waals surface area contributed by atoms with E-state index in [0.29, 0.717) is 0 Å². The average Bonchev–Trinajstić information content (AvgIpc) is 3.15. The fourth-order valence-corrected chi connectivity index (χ4v) is 3.33. The van der Waals surface area contributed by atoms with Gasteiger partial charge in [0.25, 0.3) is 5.91 Å². The molecule has 1 fully saturated rings. The molecule has 24 heavy (non-hydrogen) atoms. The van der Waals surface area contributed by atoms with Crippen molar-refractivity contribution in [3.8, 4) is 0 Å². The number of likely N-dealkylation sites (tertiary alicyclic amines) is 1. The van der Waals surface area contributed by atoms with Crippen LogP contribution < -0.4 is 0 Å². The van der Waals surface area contributed by atoms with Crippen LogP contribution in [-0.4, -0.2) is 45.2 Å². The quantitative estimate of drug-likeness (QED) is 0.918. The summed E-state index contributed by atoms with van der Waals surface area (Å²) in [7, 11) is 0. The Kier molecular flexibility index (Phi) is 5.00. The van der Waals surface area contributed by atoms with Gasteiger partial charge in [0.05, 0.1) is 6.33 Å². The zero-order valence-corrected chi connectivity index (χ0v) is 14.2. The summed E-state index contributed by atoms with van der Waals surface area (Å²) in [4.78, 5) is 18.6. The molecule has 1 aliphatic rings. The number of benzene rings is 1. The zero-order valence-electron chi connectivity index (χ0n) is 14.2. The van der Waals surface area contributed by atoms with Gasteiger partial charge in [-0.2, -0.15) is 0 Å². The molecule has 0 spiro atoms. The van der Waals surface area contributed by atoms with Crippen LogP contribution in [0.4, 0.5) is 0 Å². The van der Waals surface area contributed by atoms with Crippen molar-refractivity contribution < 1.29 is 9.90 Å². The zero-order chi connectivity index (χ0) is 17.0. The van der Waals surface area contributed by atoms with Gasteiger partial charge in [-0.05, 0) is 42.4 Å². The van der Waals surface area contributed by atoms with Crippen LogP contribution in [0.25, 0.3) is 0 Å². The number of carbonyl (C=O) groups excluding carboxylic acids is 1. The van der Waals surface area contributed by atoms with E-state index in [-0.39, 0.29) is 17.9 Å². The Balaban J connectivity index is 1.61. The minimum absolute atomic E-state index is 0.00539. The fourth-order valence-electron chi connectivity index (χ4n) is 3.33. The smallest absolute Gasteiger partial charge is 0.253 e. The first-order valence-electron chi connectivity index (χ1n) is 8.61. The highest BCUT2D eigenvalue weighted by atomic mass is 16.3. The summed E-state index contributed by atoms with van der Waals surface area (Å²) in [6, 6.07) is 7.81. The molecule has 1 aromatic heterocycles. The Morgan fingerprint density at radius 1 is 1.25 bits per heavy atom. The molecular weight excluding hydrogens is 302 g/mol. The third kappa shape index (κ3) is 3.51. The van der Waals surface area contributed by atoms with E-state index in [9.17, 15) is 9.90 Å². The molecular formula is C19H25N3O2. The highest BCUT2D eigenvalue weighted by molar-refractivity contribution is 5.94. The van der Waals surface area contributed by atoms with Crippen molar-refractivity contribution in [3.63, 3.8) is 0 Å². The van der Waals surface area contributed by atoms with E-state index in [1.54, 1.807) is 12.5 Å². The summed E-state index contributed by atoms with van der Waals surface area (Å²) in [5, 5.41) is 9.61. The second-order valence-electron chi connectivity index (χ2n) is 6.74. The van der Waals surface area contributed by atoms with Crippen molar-refractivity contribution in [2.75, 3.05) is 19.7 Å². The predicted octanol–water partition coefficient (Wildman–Crippen LogP) is 2.56. The van der Waals surface area contributed by atoms with Crippen LogP contribution in [-0.2, 0) is 6.54 Å². The van der Waals surface area contributed by atoms with Gasteiger partial charge < -0.3 is 14.6 Å². The summed E-state index contributed by atoms with van der Waals surface area (Å²) in [6.07, 6.45) is 8.20. The number of nitrogens with zero attached hydrogens (tertiary/aromatic N) is 3. The molecule has 2 aromatic rings. The Bertz CT molecular complexity index is 650. The molecule has 128 valence electrons. The minimum Gasteiger partial charge on any atom is -0.396 e. The maximum Gasteiger partial charge on any atom is 0.253 e. The van der Waals surface area contributed by atoms with Crippen molar-refractivity contribution in [1.29, 1.82) is 0 Å². The molecule has 1 aromatic carbocycles. The standard InChI is InChI=1S/C19H25N3O2/c1-2-19(14-23)7-10-22(11-8-19)18(24)17-5-3-16(4-6-17)13-21-12-9-20-15-21/h3-6,9,12,15,23H,2,7-8,10-11,13-14H2,1H3. The highest BCUT2D eigenvalue weighted by Crippen LogP contribution is 2.34. The summed E-state index contributed by atoms with van der Waals surface area (Å²) in [6.45, 7) is 4.54. The van der Waals surface area contributed by atoms with Crippen molar-refractivity contribution in [1.82, 2.24) is 14.5 Å². The van der Waals surface area contributed by atoms with E-state index >= 15 is 0 Å². The summed E-state index contributed by atoms with van der Waals surface area (Å²) in [5.74, 6) is 0.0897. The van der Waals surface area contributed by atoms with Crippen LogP contribution in [0, 0.1) is 5.41 Å². The SMILES string of the molecule is CCC1(CO)CCN(C(=O)c2ccc(Cn3ccnc3)cc2)CC1. The van der Waals surface area contributed by atoms with Gasteiger partial charge in [0.15, 0.2) is 0 Å². The second kappa shape index (κ2) is 7.18. The largest absolute Gasteiger partial charge is 0.396 e. The lowest BCUT2D eigenvalue weighted by Crippen LogP contribution is -2.44. The van der Waals surface area contributed by atoms with Gasteiger partial charge in [-0.15, -0.1) is 0 Å². The van der Waals surface area contributed by atoms with E-state index in [1.165, 1.54) is 0 Å². The van der Waals surface area contributed by atoms with Crippen molar-refractivity contribution in [3.05, 3.63) is 54.1 Å². The van der Waals surface area contributed by atoms with Gasteiger partial charge in [0, 0.05) is 44.2 Å². The Labute approximate surface area is 142 Å². The van der Waals surface area contributed by atoms with Crippen LogP contribution in [0.5, 0.6) is 0 Å². The van der Waals surface area contributed by atoms with Crippen LogP contribution in [0.1, 0.15) is 42.1 Å². The van der Waals surface area contributed by atoms with Crippen LogP contribution in [0.3, 0.4) is 0 Å². The van der Waals surface area contributed by atoms with Gasteiger partial charge in [-0.25, -0.2) is 4.98 Å². The molecule has 1 amide bonds. The van der Waals surface area contributed by atoms with Gasteiger partial charge in [-0.1, -0.05) is 19.1 Å². The number of hydrogen-bond acceptors (Lipinski definition) is 3. The van der Waals surface area contributed by atoms with Crippen molar-refractivity contribution in [2.45, 2.75) is 32.7 Å². The van der Waals surface area contributed by atoms with E-state index in [2.05, 4.69) is 11.9 Å². The third-order valence-corrected chi connectivity index (χ3v) is 5.32. The van der Waals surface area contributed by atoms with Crippen LogP contribution >= 0.6 is 0 Å². The third-order valence-electron chi connectivity index (χ3n) is 5.32. The molecule has 0 saturated carbocycles. The number of piperidine rings is 1. The molecule has 0 radical (unpaired) electrons. The van der Waals surface area contributed by atoms with E-state index < -0.39 is 0 Å². The maximum absolute atomic E-state index is 12.7. The summed E-state index contributed by atoms with van der Waals surface area (Å²) < 4.78 is 2.00. The Morgan fingerprint density at radius 3 is 2.50 bits per heavy atom. The minimum atomic E-state index is 0.00539. The first kappa shape index (κ1) is 16.7. The van der Waals surface area contributed by atoms with Crippen molar-refractivity contribution in [2.24, 2.45) is 5.41 Å². The monoisotopic (exact) mass is 327 g/mol. The Hall–Kier alpha value is -2.14. The molecule has 2 heterocycles. The van der Waals surface area contributed by atoms with Gasteiger partial charge in [-0.3, -0.25) is 4.79 Å². The molecule has 5 nitrogen and oxygen atoms in total. The van der Waals surface area contributed by atoms with Crippen LogP contribution in [0.2, 0.25) is 0 Å². The van der Waals surface area contributed by atoms with E-state index in [4.69, 9.17) is 0 Å². The first-order chi connectivity index (χ1) is 11.7. The Morgan fingerprint density at radius 2 is 1.96 bits per heavy atom. The molecule has 3 rings (SSSR count). The lowest BCUT2D eigenvalue weighted by Gasteiger charge is -2.40. The molecule has 1 saturated heterocycles. The molecule has 0 atom stereocenters. The highest BCUT2D eigenvalue weighted by Gasteiger charge is 2.34. The van der Waals surface area contributed by atoms with Gasteiger partial charge >= 0.3 is 0 Å². The predicted molar refractivity (Wildman–Crippen MR) is 92.7 cm³/mol. The van der Waals surface area contributed by atoms with E-state index in [0.717, 1.165) is 50.0 Å². The van der Waals surface area contributed by atoms with Gasteiger partial charge in [0.1, 0.15) is 0 Å². The molecule has 1 N–H and O–H groups in total. The lowest BCUT2D eigenvalue weighted by molar-refractivity contribution is 0.0338. The molecule has 5 heteroatoms. The molecule has 0 bridgehead atoms. The van der Waals surface area contributed by atoms with E-state index in [1.807, 2.05) is 39.9 Å². The topological polar surface area (TPSA) is 58.4 Å². The number of aromatic nitrogens is 2. The summed E-state index contributed by atoms with van der Waals surface area (Å²) >= 11 is 0. The number of carbonyl (C=O) groups is 1. The second-order valence-corrected chi connectivity index (χ2v) is 6.74. The number of amides is 1. The normalized spacial score (nSPS) is 17.0. The number of imidazole rings is 1. The average molecular weight is 327 g/mol. The van der Waals surface area contributed by atoms with Gasteiger partial charge in [0.2, 0.25) is 0 Å². The number of aliphatic hydroxyl groups excluding tert-OH is 1. The fraction of sp³-hybridized carbons (Fsp3) is 0.474. The molecule has 1 aliphatic heterocycles. The maximum atomic E-state index is 12.7. The first-order valence-corrected chi connectivity index (χ1v) is 8.61. The van der Waals surface area contributed by atoms with Crippen molar-refractivity contribution >= 4 is 5.91 Å². The number of hydrogen-bond donors (Lipinski definition) is 1. The number of aliphatic hydroxyl groups is 1. The molecule has 0 aliphatic carbocycles. The van der Waals surface area contributed by atoms with Crippen LogP contribution in [0.15, 0.2) is 43.0 Å².